The topological polar surface area (TPSA) is 46.5 Å². The number of aryl methyl sites for hydroxylation is 1. The molecule has 0 aliphatic rings. The predicted molar refractivity (Wildman–Crippen MR) is 69.5 cm³/mol. The summed E-state index contributed by atoms with van der Waals surface area (Å²) in [4.78, 5) is 17.4. The lowest BCUT2D eigenvalue weighted by molar-refractivity contribution is -0.143. The van der Waals surface area contributed by atoms with E-state index in [-0.39, 0.29) is 18.1 Å². The van der Waals surface area contributed by atoms with Gasteiger partial charge in [-0.3, -0.25) is 4.79 Å². The minimum absolute atomic E-state index is 0.00806. The van der Waals surface area contributed by atoms with Gasteiger partial charge in [-0.05, 0) is 31.0 Å². The zero-order valence-electron chi connectivity index (χ0n) is 10.5. The first-order valence-corrected chi connectivity index (χ1v) is 5.98. The maximum absolute atomic E-state index is 13.6. The lowest BCUT2D eigenvalue weighted by Gasteiger charge is -2.01. The van der Waals surface area contributed by atoms with Gasteiger partial charge in [-0.15, -0.1) is 0 Å². The number of benzene rings is 1. The molecule has 0 bridgehead atoms. The van der Waals surface area contributed by atoms with Crippen LogP contribution in [0, 0.1) is 12.4 Å². The Morgan fingerprint density at radius 3 is 3.00 bits per heavy atom. The Morgan fingerprint density at radius 2 is 2.32 bits per heavy atom. The fourth-order valence-corrected chi connectivity index (χ4v) is 1.95. The summed E-state index contributed by atoms with van der Waals surface area (Å²) in [5.41, 5.74) is 1.54. The van der Waals surface area contributed by atoms with Gasteiger partial charge in [-0.2, -0.15) is 0 Å². The van der Waals surface area contributed by atoms with Crippen molar-refractivity contribution < 1.29 is 13.9 Å². The van der Waals surface area contributed by atoms with E-state index in [0.717, 1.165) is 5.56 Å². The van der Waals surface area contributed by atoms with Crippen molar-refractivity contribution in [1.29, 1.82) is 0 Å². The molecule has 1 aromatic heterocycles. The molecule has 0 saturated heterocycles. The second-order valence-corrected chi connectivity index (χ2v) is 4.08. The van der Waals surface area contributed by atoms with Crippen LogP contribution in [0.4, 0.5) is 10.1 Å². The summed E-state index contributed by atoms with van der Waals surface area (Å²) >= 11 is 0. The number of carbonyl (C=O) groups is 1. The van der Waals surface area contributed by atoms with Crippen molar-refractivity contribution in [3.63, 3.8) is 0 Å². The summed E-state index contributed by atoms with van der Waals surface area (Å²) < 4.78 is 18.4. The van der Waals surface area contributed by atoms with Gasteiger partial charge in [0.25, 0.3) is 0 Å². The second-order valence-electron chi connectivity index (χ2n) is 4.08. The molecule has 0 aliphatic carbocycles. The number of nitrogens with zero attached hydrogens (tertiary/aromatic N) is 1. The number of esters is 1. The number of fused-ring (bicyclic) bond motifs is 1. The quantitative estimate of drug-likeness (QED) is 0.676. The molecular weight excluding hydrogens is 247 g/mol. The van der Waals surface area contributed by atoms with Crippen molar-refractivity contribution in [2.75, 3.05) is 6.61 Å². The summed E-state index contributed by atoms with van der Waals surface area (Å²) in [7, 11) is 0. The Bertz CT molecular complexity index is 655. The molecule has 1 N–H and O–H groups in total. The zero-order chi connectivity index (χ0) is 13.8. The largest absolute Gasteiger partial charge is 0.466 e. The van der Waals surface area contributed by atoms with E-state index >= 15 is 0 Å². The maximum Gasteiger partial charge on any atom is 0.306 e. The number of carbonyl (C=O) groups excluding carboxylic acids is 1. The van der Waals surface area contributed by atoms with Crippen molar-refractivity contribution in [1.82, 2.24) is 4.98 Å². The third kappa shape index (κ3) is 2.74. The van der Waals surface area contributed by atoms with Crippen molar-refractivity contribution >= 4 is 22.6 Å². The summed E-state index contributed by atoms with van der Waals surface area (Å²) in [6.45, 7) is 8.97. The average molecular weight is 260 g/mol. The Kier molecular flexibility index (Phi) is 3.81. The number of nitrogens with one attached hydrogen (secondary N) is 1. The molecule has 0 unspecified atom stereocenters. The minimum atomic E-state index is -0.542. The first kappa shape index (κ1) is 13.1. The highest BCUT2D eigenvalue weighted by Gasteiger charge is 2.11. The van der Waals surface area contributed by atoms with E-state index in [0.29, 0.717) is 23.9 Å². The maximum atomic E-state index is 13.6. The summed E-state index contributed by atoms with van der Waals surface area (Å²) in [6, 6.07) is 2.81. The van der Waals surface area contributed by atoms with Gasteiger partial charge in [0.1, 0.15) is 5.82 Å². The highest BCUT2D eigenvalue weighted by atomic mass is 19.1. The van der Waals surface area contributed by atoms with Gasteiger partial charge in [0.15, 0.2) is 0 Å². The lowest BCUT2D eigenvalue weighted by Crippen LogP contribution is -2.04. The van der Waals surface area contributed by atoms with E-state index < -0.39 is 5.82 Å². The molecule has 1 heterocycles. The van der Waals surface area contributed by atoms with Crippen LogP contribution in [0.5, 0.6) is 0 Å². The molecule has 0 radical (unpaired) electrons. The molecule has 0 saturated carbocycles. The van der Waals surface area contributed by atoms with Crippen LogP contribution in [0.3, 0.4) is 0 Å². The Balaban J connectivity index is 2.23. The second kappa shape index (κ2) is 5.53. The predicted octanol–water partition coefficient (Wildman–Crippen LogP) is 3.35. The van der Waals surface area contributed by atoms with Crippen molar-refractivity contribution in [2.24, 2.45) is 0 Å². The molecular formula is C14H13FN2O2. The standard InChI is InChI=1S/C14H13FN2O2/c1-3-19-14(18)5-4-9-8-17-12-7-13(16-2)11(15)6-10(9)12/h6-8,17H,3-5H2,1H3. The van der Waals surface area contributed by atoms with Gasteiger partial charge < -0.3 is 9.72 Å². The summed E-state index contributed by atoms with van der Waals surface area (Å²) in [5.74, 6) is -0.811. The van der Waals surface area contributed by atoms with Crippen LogP contribution in [0.1, 0.15) is 18.9 Å². The normalized spacial score (nSPS) is 10.4. The van der Waals surface area contributed by atoms with Gasteiger partial charge in [-0.25, -0.2) is 9.24 Å². The number of hydrogen-bond donors (Lipinski definition) is 1. The van der Waals surface area contributed by atoms with E-state index in [2.05, 4.69) is 9.83 Å². The first-order valence-electron chi connectivity index (χ1n) is 5.98. The highest BCUT2D eigenvalue weighted by molar-refractivity contribution is 5.87. The molecule has 5 heteroatoms. The van der Waals surface area contributed by atoms with Gasteiger partial charge >= 0.3 is 5.97 Å². The van der Waals surface area contributed by atoms with Crippen LogP contribution in [-0.2, 0) is 16.0 Å². The van der Waals surface area contributed by atoms with E-state index in [4.69, 9.17) is 11.3 Å². The molecule has 0 aliphatic heterocycles. The molecule has 0 atom stereocenters. The number of H-pyrrole nitrogens is 1. The SMILES string of the molecule is [C-]#[N+]c1cc2[nH]cc(CCC(=O)OCC)c2cc1F. The van der Waals surface area contributed by atoms with Crippen LogP contribution in [0.15, 0.2) is 18.3 Å². The molecule has 2 rings (SSSR count). The average Bonchev–Trinajstić information content (AvgIpc) is 2.78. The van der Waals surface area contributed by atoms with E-state index in [9.17, 15) is 9.18 Å². The number of aromatic nitrogens is 1. The van der Waals surface area contributed by atoms with Crippen LogP contribution >= 0.6 is 0 Å². The first-order chi connectivity index (χ1) is 9.15. The number of rotatable bonds is 4. The van der Waals surface area contributed by atoms with E-state index in [1.54, 1.807) is 13.1 Å². The van der Waals surface area contributed by atoms with Crippen LogP contribution < -0.4 is 0 Å². The van der Waals surface area contributed by atoms with Crippen LogP contribution in [-0.4, -0.2) is 17.6 Å². The molecule has 0 amide bonds. The number of aromatic amines is 1. The Labute approximate surface area is 110 Å². The fourth-order valence-electron chi connectivity index (χ4n) is 1.95. The molecule has 2 aromatic rings. The fraction of sp³-hybridized carbons (Fsp3) is 0.286. The van der Waals surface area contributed by atoms with Gasteiger partial charge in [0.2, 0.25) is 5.69 Å². The van der Waals surface area contributed by atoms with Crippen LogP contribution in [0.25, 0.3) is 15.7 Å². The smallest absolute Gasteiger partial charge is 0.306 e. The number of hydrogen-bond acceptors (Lipinski definition) is 2. The lowest BCUT2D eigenvalue weighted by atomic mass is 10.1. The van der Waals surface area contributed by atoms with Crippen molar-refractivity contribution in [3.05, 3.63) is 41.1 Å². The zero-order valence-corrected chi connectivity index (χ0v) is 10.5. The van der Waals surface area contributed by atoms with Gasteiger partial charge in [0, 0.05) is 23.5 Å². The summed E-state index contributed by atoms with van der Waals surface area (Å²) in [6.07, 6.45) is 2.47. The summed E-state index contributed by atoms with van der Waals surface area (Å²) in [5, 5.41) is 0.703. The molecule has 4 nitrogen and oxygen atoms in total. The number of halogens is 1. The third-order valence-corrected chi connectivity index (χ3v) is 2.86. The van der Waals surface area contributed by atoms with Gasteiger partial charge in [-0.1, -0.05) is 0 Å². The minimum Gasteiger partial charge on any atom is -0.466 e. The Hall–Kier alpha value is -2.35. The third-order valence-electron chi connectivity index (χ3n) is 2.86. The van der Waals surface area contributed by atoms with Crippen molar-refractivity contribution in [3.8, 4) is 0 Å². The van der Waals surface area contributed by atoms with Gasteiger partial charge in [0.05, 0.1) is 13.2 Å². The molecule has 19 heavy (non-hydrogen) atoms. The highest BCUT2D eigenvalue weighted by Crippen LogP contribution is 2.27. The molecule has 0 fully saturated rings. The monoisotopic (exact) mass is 260 g/mol. The molecule has 1 aromatic carbocycles. The van der Waals surface area contributed by atoms with Crippen LogP contribution in [0.2, 0.25) is 0 Å². The molecule has 98 valence electrons. The Morgan fingerprint density at radius 1 is 1.53 bits per heavy atom. The molecule has 0 spiro atoms. The van der Waals surface area contributed by atoms with E-state index in [1.165, 1.54) is 12.1 Å². The van der Waals surface area contributed by atoms with Crippen molar-refractivity contribution in [2.45, 2.75) is 19.8 Å². The number of ether oxygens (including phenoxy) is 1. The van der Waals surface area contributed by atoms with E-state index in [1.807, 2.05) is 0 Å².